The zero-order valence-corrected chi connectivity index (χ0v) is 17.9. The molecule has 2 aromatic heterocycles. The van der Waals surface area contributed by atoms with Crippen LogP contribution in [0.2, 0.25) is 0 Å². The van der Waals surface area contributed by atoms with Crippen molar-refractivity contribution in [3.8, 4) is 0 Å². The number of fused-ring (bicyclic) bond motifs is 3. The maximum atomic E-state index is 12.8. The highest BCUT2D eigenvalue weighted by molar-refractivity contribution is 7.08. The number of hydrogen-bond acceptors (Lipinski definition) is 6. The third-order valence-electron chi connectivity index (χ3n) is 6.71. The van der Waals surface area contributed by atoms with Crippen molar-refractivity contribution in [2.24, 2.45) is 5.92 Å². The SMILES string of the molecule is O=C(NCC1CCCCC1)c1nnc2n1CCN1CCN(C(=O)c3ccsc3)CC21. The van der Waals surface area contributed by atoms with Crippen molar-refractivity contribution in [2.45, 2.75) is 44.7 Å². The number of piperazine rings is 1. The van der Waals surface area contributed by atoms with Crippen molar-refractivity contribution in [3.63, 3.8) is 0 Å². The summed E-state index contributed by atoms with van der Waals surface area (Å²) in [5.41, 5.74) is 0.744. The molecule has 30 heavy (non-hydrogen) atoms. The Bertz CT molecular complexity index is 905. The number of nitrogens with zero attached hydrogens (tertiary/aromatic N) is 5. The Morgan fingerprint density at radius 3 is 2.73 bits per heavy atom. The van der Waals surface area contributed by atoms with E-state index >= 15 is 0 Å². The standard InChI is InChI=1S/C21H28N6O2S/c28-20(22-12-15-4-2-1-3-5-15)19-24-23-18-17-13-26(21(29)16-6-11-30-14-16)8-7-25(17)9-10-27(18)19/h6,11,14-15,17H,1-5,7-10,12-13H2,(H,22,28). The first kappa shape index (κ1) is 19.7. The molecule has 8 nitrogen and oxygen atoms in total. The summed E-state index contributed by atoms with van der Waals surface area (Å²) in [6.07, 6.45) is 6.23. The molecule has 9 heteroatoms. The van der Waals surface area contributed by atoms with Gasteiger partial charge in [0.05, 0.1) is 11.6 Å². The highest BCUT2D eigenvalue weighted by atomic mass is 32.1. The van der Waals surface area contributed by atoms with E-state index in [-0.39, 0.29) is 17.9 Å². The van der Waals surface area contributed by atoms with Crippen LogP contribution in [0.25, 0.3) is 0 Å². The Morgan fingerprint density at radius 2 is 1.93 bits per heavy atom. The van der Waals surface area contributed by atoms with Crippen molar-refractivity contribution in [1.82, 2.24) is 29.9 Å². The summed E-state index contributed by atoms with van der Waals surface area (Å²) in [6.45, 7) is 4.39. The first-order chi connectivity index (χ1) is 14.7. The molecular weight excluding hydrogens is 400 g/mol. The molecule has 2 aliphatic heterocycles. The zero-order chi connectivity index (χ0) is 20.5. The Balaban J connectivity index is 1.28. The minimum atomic E-state index is -0.130. The third kappa shape index (κ3) is 3.76. The number of thiophene rings is 1. The summed E-state index contributed by atoms with van der Waals surface area (Å²) in [5.74, 6) is 1.72. The maximum absolute atomic E-state index is 12.8. The average Bonchev–Trinajstić information content (AvgIpc) is 3.47. The maximum Gasteiger partial charge on any atom is 0.289 e. The summed E-state index contributed by atoms with van der Waals surface area (Å²) in [5, 5.41) is 15.5. The molecule has 1 atom stereocenters. The number of aromatic nitrogens is 3. The van der Waals surface area contributed by atoms with Gasteiger partial charge in [-0.3, -0.25) is 14.5 Å². The zero-order valence-electron chi connectivity index (χ0n) is 17.1. The van der Waals surface area contributed by atoms with Crippen LogP contribution >= 0.6 is 11.3 Å². The summed E-state index contributed by atoms with van der Waals surface area (Å²) >= 11 is 1.54. The second-order valence-electron chi connectivity index (χ2n) is 8.56. The van der Waals surface area contributed by atoms with Gasteiger partial charge in [-0.15, -0.1) is 10.2 Å². The van der Waals surface area contributed by atoms with E-state index in [1.807, 2.05) is 26.3 Å². The van der Waals surface area contributed by atoms with Crippen LogP contribution in [0, 0.1) is 5.92 Å². The molecule has 3 aliphatic rings. The Kier molecular flexibility index (Phi) is 5.56. The lowest BCUT2D eigenvalue weighted by Gasteiger charge is -2.43. The van der Waals surface area contributed by atoms with Crippen molar-refractivity contribution < 1.29 is 9.59 Å². The van der Waals surface area contributed by atoms with E-state index < -0.39 is 0 Å². The predicted molar refractivity (Wildman–Crippen MR) is 113 cm³/mol. The second kappa shape index (κ2) is 8.47. The number of carbonyl (C=O) groups is 2. The van der Waals surface area contributed by atoms with Crippen LogP contribution < -0.4 is 5.32 Å². The molecule has 1 aliphatic carbocycles. The first-order valence-electron chi connectivity index (χ1n) is 11.0. The van der Waals surface area contributed by atoms with E-state index in [1.54, 1.807) is 0 Å². The number of rotatable bonds is 4. The van der Waals surface area contributed by atoms with Crippen molar-refractivity contribution in [1.29, 1.82) is 0 Å². The van der Waals surface area contributed by atoms with Crippen molar-refractivity contribution >= 4 is 23.2 Å². The normalized spacial score (nSPS) is 22.4. The van der Waals surface area contributed by atoms with E-state index in [4.69, 9.17) is 0 Å². The van der Waals surface area contributed by atoms with Gasteiger partial charge in [-0.25, -0.2) is 0 Å². The summed E-state index contributed by atoms with van der Waals surface area (Å²) in [4.78, 5) is 29.9. The fourth-order valence-corrected chi connectivity index (χ4v) is 5.60. The van der Waals surface area contributed by atoms with Crippen molar-refractivity contribution in [2.75, 3.05) is 32.7 Å². The molecule has 0 bridgehead atoms. The molecule has 1 saturated heterocycles. The van der Waals surface area contributed by atoms with Crippen LogP contribution in [0.1, 0.15) is 64.9 Å². The van der Waals surface area contributed by atoms with Crippen molar-refractivity contribution in [3.05, 3.63) is 34.0 Å². The third-order valence-corrected chi connectivity index (χ3v) is 7.40. The summed E-state index contributed by atoms with van der Waals surface area (Å²) in [6, 6.07) is 1.86. The lowest BCUT2D eigenvalue weighted by atomic mass is 9.89. The topological polar surface area (TPSA) is 83.4 Å². The molecule has 2 amide bonds. The van der Waals surface area contributed by atoms with Gasteiger partial charge in [-0.2, -0.15) is 11.3 Å². The molecule has 0 spiro atoms. The Hall–Kier alpha value is -2.26. The molecular formula is C21H28N6O2S. The van der Waals surface area contributed by atoms with Gasteiger partial charge in [0.2, 0.25) is 5.82 Å². The van der Waals surface area contributed by atoms with Gasteiger partial charge in [-0.1, -0.05) is 19.3 Å². The van der Waals surface area contributed by atoms with Crippen LogP contribution in [-0.4, -0.2) is 69.1 Å². The highest BCUT2D eigenvalue weighted by Gasteiger charge is 2.38. The number of amides is 2. The summed E-state index contributed by atoms with van der Waals surface area (Å²) < 4.78 is 1.95. The van der Waals surface area contributed by atoms with Crippen LogP contribution in [0.3, 0.4) is 0 Å². The molecule has 2 aromatic rings. The van der Waals surface area contributed by atoms with E-state index in [2.05, 4.69) is 20.4 Å². The van der Waals surface area contributed by atoms with Crippen LogP contribution in [-0.2, 0) is 6.54 Å². The monoisotopic (exact) mass is 428 g/mol. The van der Waals surface area contributed by atoms with E-state index in [1.165, 1.54) is 43.4 Å². The molecule has 0 radical (unpaired) electrons. The lowest BCUT2D eigenvalue weighted by Crippen LogP contribution is -2.53. The molecule has 1 unspecified atom stereocenters. The molecule has 5 rings (SSSR count). The van der Waals surface area contributed by atoms with Gasteiger partial charge < -0.3 is 14.8 Å². The van der Waals surface area contributed by atoms with Gasteiger partial charge in [0.15, 0.2) is 5.82 Å². The smallest absolute Gasteiger partial charge is 0.289 e. The molecule has 1 saturated carbocycles. The fraction of sp³-hybridized carbons (Fsp3) is 0.619. The highest BCUT2D eigenvalue weighted by Crippen LogP contribution is 2.29. The number of carbonyl (C=O) groups excluding carboxylic acids is 2. The van der Waals surface area contributed by atoms with Crippen LogP contribution in [0.15, 0.2) is 16.8 Å². The van der Waals surface area contributed by atoms with E-state index in [0.717, 1.165) is 31.0 Å². The summed E-state index contributed by atoms with van der Waals surface area (Å²) in [7, 11) is 0. The second-order valence-corrected chi connectivity index (χ2v) is 9.34. The largest absolute Gasteiger partial charge is 0.349 e. The molecule has 4 heterocycles. The van der Waals surface area contributed by atoms with Gasteiger partial charge in [-0.05, 0) is 30.2 Å². The van der Waals surface area contributed by atoms with Gasteiger partial charge in [0.25, 0.3) is 11.8 Å². The Labute approximate surface area is 180 Å². The van der Waals surface area contributed by atoms with Crippen LogP contribution in [0.4, 0.5) is 0 Å². The first-order valence-corrected chi connectivity index (χ1v) is 11.9. The Morgan fingerprint density at radius 1 is 1.10 bits per heavy atom. The quantitative estimate of drug-likeness (QED) is 0.807. The van der Waals surface area contributed by atoms with E-state index in [9.17, 15) is 9.59 Å². The molecule has 1 N–H and O–H groups in total. The van der Waals surface area contributed by atoms with Crippen LogP contribution in [0.5, 0.6) is 0 Å². The van der Waals surface area contributed by atoms with Gasteiger partial charge >= 0.3 is 0 Å². The van der Waals surface area contributed by atoms with Gasteiger partial charge in [0, 0.05) is 44.6 Å². The number of hydrogen-bond donors (Lipinski definition) is 1. The lowest BCUT2D eigenvalue weighted by molar-refractivity contribution is 0.0373. The minimum absolute atomic E-state index is 0.0116. The predicted octanol–water partition coefficient (Wildman–Crippen LogP) is 2.16. The molecule has 2 fully saturated rings. The fourth-order valence-electron chi connectivity index (χ4n) is 4.97. The van der Waals surface area contributed by atoms with E-state index in [0.29, 0.717) is 31.4 Å². The average molecular weight is 429 g/mol. The number of nitrogens with one attached hydrogen (secondary N) is 1. The molecule has 0 aromatic carbocycles. The van der Waals surface area contributed by atoms with Gasteiger partial charge in [0.1, 0.15) is 0 Å². The molecule has 160 valence electrons. The minimum Gasteiger partial charge on any atom is -0.349 e.